The number of ether oxygens (including phenoxy) is 2. The fourth-order valence-electron chi connectivity index (χ4n) is 5.14. The number of halogens is 2. The molecule has 0 aliphatic heterocycles. The van der Waals surface area contributed by atoms with Crippen LogP contribution in [0.3, 0.4) is 0 Å². The summed E-state index contributed by atoms with van der Waals surface area (Å²) < 4.78 is 39.1. The van der Waals surface area contributed by atoms with Crippen LogP contribution < -0.4 is 20.1 Å². The summed E-state index contributed by atoms with van der Waals surface area (Å²) in [5.41, 5.74) is 2.96. The third-order valence-corrected chi connectivity index (χ3v) is 10.4. The number of rotatable bonds is 12. The maximum atomic E-state index is 13.5. The number of carbonyl (C=O) groups excluding carboxylic acids is 2. The lowest BCUT2D eigenvalue weighted by atomic mass is 10.1. The van der Waals surface area contributed by atoms with Crippen LogP contribution in [0.4, 0.5) is 11.4 Å². The van der Waals surface area contributed by atoms with Crippen molar-refractivity contribution >= 4 is 68.4 Å². The van der Waals surface area contributed by atoms with Crippen molar-refractivity contribution in [1.82, 2.24) is 0 Å². The van der Waals surface area contributed by atoms with Crippen LogP contribution in [-0.2, 0) is 9.84 Å². The summed E-state index contributed by atoms with van der Waals surface area (Å²) in [6.07, 6.45) is 3.20. The summed E-state index contributed by atoms with van der Waals surface area (Å²) in [5, 5.41) is 6.47. The minimum Gasteiger partial charge on any atom is -0.455 e. The van der Waals surface area contributed by atoms with Gasteiger partial charge >= 0.3 is 0 Å². The minimum atomic E-state index is -3.90. The van der Waals surface area contributed by atoms with Crippen LogP contribution in [0.25, 0.3) is 12.2 Å². The number of benzene rings is 6. The molecule has 0 saturated heterocycles. The topological polar surface area (TPSA) is 111 Å². The first-order valence-corrected chi connectivity index (χ1v) is 18.3. The lowest BCUT2D eigenvalue weighted by Gasteiger charge is -2.14. The third-order valence-electron chi connectivity index (χ3n) is 7.96. The molecule has 6 aromatic rings. The van der Waals surface area contributed by atoms with Gasteiger partial charge in [0.15, 0.2) is 11.5 Å². The summed E-state index contributed by atoms with van der Waals surface area (Å²) in [7, 11) is -3.90. The molecule has 2 amide bonds. The van der Waals surface area contributed by atoms with E-state index in [1.54, 1.807) is 97.1 Å². The van der Waals surface area contributed by atoms with Gasteiger partial charge in [-0.1, -0.05) is 84.9 Å². The molecule has 0 saturated carbocycles. The van der Waals surface area contributed by atoms with Gasteiger partial charge < -0.3 is 20.1 Å². The average molecular weight is 762 g/mol. The van der Waals surface area contributed by atoms with E-state index in [0.29, 0.717) is 66.7 Å². The van der Waals surface area contributed by atoms with Crippen LogP contribution in [-0.4, -0.2) is 20.2 Å². The zero-order chi connectivity index (χ0) is 37.5. The van der Waals surface area contributed by atoms with Gasteiger partial charge in [0.05, 0.1) is 21.2 Å². The molecule has 0 unspecified atom stereocenters. The van der Waals surface area contributed by atoms with E-state index in [2.05, 4.69) is 23.8 Å². The first kappa shape index (κ1) is 36.7. The van der Waals surface area contributed by atoms with Crippen molar-refractivity contribution in [2.45, 2.75) is 9.79 Å². The smallest absolute Gasteiger partial charge is 0.255 e. The molecule has 264 valence electrons. The number of hydrogen-bond acceptors (Lipinski definition) is 6. The molecular formula is C42H30Cl2N2O6S. The van der Waals surface area contributed by atoms with E-state index < -0.39 is 9.84 Å². The SMILES string of the molecule is C=Cc1ccc(C(=O)Nc2ccccc2Oc2ccc(S(=O)(=O)c3ccc(Oc4ccccc4NC(=O)c4ccc(C=C)c(Cl)c4)cc3)cc2)cc1Cl. The molecule has 0 aliphatic rings. The van der Waals surface area contributed by atoms with Gasteiger partial charge in [-0.3, -0.25) is 9.59 Å². The lowest BCUT2D eigenvalue weighted by Crippen LogP contribution is -2.12. The van der Waals surface area contributed by atoms with Crippen molar-refractivity contribution in [2.75, 3.05) is 10.6 Å². The molecule has 6 rings (SSSR count). The fourth-order valence-corrected chi connectivity index (χ4v) is 6.91. The van der Waals surface area contributed by atoms with E-state index in [1.807, 2.05) is 0 Å². The highest BCUT2D eigenvalue weighted by Gasteiger charge is 2.19. The number of carbonyl (C=O) groups is 2. The molecule has 6 aromatic carbocycles. The Morgan fingerprint density at radius 1 is 0.547 bits per heavy atom. The largest absolute Gasteiger partial charge is 0.455 e. The summed E-state index contributed by atoms with van der Waals surface area (Å²) in [5.74, 6) is 0.654. The maximum Gasteiger partial charge on any atom is 0.255 e. The third kappa shape index (κ3) is 8.51. The molecule has 0 bridgehead atoms. The average Bonchev–Trinajstić information content (AvgIpc) is 3.16. The summed E-state index contributed by atoms with van der Waals surface area (Å²) in [6, 6.07) is 35.5. The van der Waals surface area contributed by atoms with Crippen molar-refractivity contribution in [1.29, 1.82) is 0 Å². The van der Waals surface area contributed by atoms with Crippen molar-refractivity contribution < 1.29 is 27.5 Å². The Morgan fingerprint density at radius 2 is 0.925 bits per heavy atom. The Labute approximate surface area is 316 Å². The molecule has 0 spiro atoms. The van der Waals surface area contributed by atoms with Crippen LogP contribution in [0.15, 0.2) is 156 Å². The molecule has 0 aliphatic carbocycles. The summed E-state index contributed by atoms with van der Waals surface area (Å²) in [4.78, 5) is 26.0. The normalized spacial score (nSPS) is 10.9. The highest BCUT2D eigenvalue weighted by atomic mass is 35.5. The zero-order valence-corrected chi connectivity index (χ0v) is 30.2. The summed E-state index contributed by atoms with van der Waals surface area (Å²) in [6.45, 7) is 7.41. The fraction of sp³-hybridized carbons (Fsp3) is 0. The van der Waals surface area contributed by atoms with Gasteiger partial charge in [-0.25, -0.2) is 8.42 Å². The quantitative estimate of drug-likeness (QED) is 0.128. The highest BCUT2D eigenvalue weighted by Crippen LogP contribution is 2.34. The van der Waals surface area contributed by atoms with Crippen LogP contribution in [0.1, 0.15) is 31.8 Å². The molecule has 0 fully saturated rings. The summed E-state index contributed by atoms with van der Waals surface area (Å²) >= 11 is 12.5. The Morgan fingerprint density at radius 3 is 1.28 bits per heavy atom. The number of sulfone groups is 1. The first-order valence-electron chi connectivity index (χ1n) is 16.0. The van der Waals surface area contributed by atoms with Crippen LogP contribution in [0.2, 0.25) is 10.0 Å². The molecule has 0 heterocycles. The standard InChI is InChI=1S/C42H30Cl2N2O6S/c1-3-27-13-15-29(25-35(27)43)41(47)45-37-9-5-7-11-39(37)51-31-17-21-33(22-18-31)53(49,50)34-23-19-32(20-24-34)52-40-12-8-6-10-38(40)46-42(48)30-16-14-28(4-2)36(44)26-30/h3-26H,1-2H2,(H,45,47)(H,46,48). The van der Waals surface area contributed by atoms with Crippen LogP contribution >= 0.6 is 23.2 Å². The van der Waals surface area contributed by atoms with Crippen molar-refractivity contribution in [3.8, 4) is 23.0 Å². The van der Waals surface area contributed by atoms with E-state index in [0.717, 1.165) is 0 Å². The predicted octanol–water partition coefficient (Wildman–Crippen LogP) is 11.2. The zero-order valence-electron chi connectivity index (χ0n) is 27.9. The van der Waals surface area contributed by atoms with E-state index in [4.69, 9.17) is 32.7 Å². The second-order valence-electron chi connectivity index (χ2n) is 11.4. The monoisotopic (exact) mass is 760 g/mol. The van der Waals surface area contributed by atoms with E-state index in [9.17, 15) is 18.0 Å². The van der Waals surface area contributed by atoms with Gasteiger partial charge in [0.2, 0.25) is 9.84 Å². The molecule has 0 atom stereocenters. The Bertz CT molecular complexity index is 2300. The van der Waals surface area contributed by atoms with E-state index in [-0.39, 0.29) is 21.6 Å². The van der Waals surface area contributed by atoms with E-state index >= 15 is 0 Å². The number of amides is 2. The lowest BCUT2D eigenvalue weighted by molar-refractivity contribution is 0.101. The Hall–Kier alpha value is -6.13. The molecule has 53 heavy (non-hydrogen) atoms. The number of anilines is 2. The van der Waals surface area contributed by atoms with Crippen molar-refractivity contribution in [3.05, 3.63) is 179 Å². The van der Waals surface area contributed by atoms with Gasteiger partial charge in [-0.2, -0.15) is 0 Å². The Kier molecular flexibility index (Phi) is 11.1. The minimum absolute atomic E-state index is 0.0502. The molecule has 2 N–H and O–H groups in total. The first-order chi connectivity index (χ1) is 25.5. The van der Waals surface area contributed by atoms with Crippen molar-refractivity contribution in [2.24, 2.45) is 0 Å². The Balaban J connectivity index is 1.12. The van der Waals surface area contributed by atoms with Crippen LogP contribution in [0.5, 0.6) is 23.0 Å². The number of nitrogens with one attached hydrogen (secondary N) is 2. The van der Waals surface area contributed by atoms with Gasteiger partial charge in [-0.15, -0.1) is 0 Å². The molecule has 11 heteroatoms. The van der Waals surface area contributed by atoms with Crippen molar-refractivity contribution in [3.63, 3.8) is 0 Å². The second kappa shape index (κ2) is 16.0. The van der Waals surface area contributed by atoms with Gasteiger partial charge in [-0.05, 0) is 108 Å². The second-order valence-corrected chi connectivity index (χ2v) is 14.2. The van der Waals surface area contributed by atoms with E-state index in [1.165, 1.54) is 48.5 Å². The molecule has 0 radical (unpaired) electrons. The molecule has 8 nitrogen and oxygen atoms in total. The van der Waals surface area contributed by atoms with Gasteiger partial charge in [0.25, 0.3) is 11.8 Å². The molecular weight excluding hydrogens is 731 g/mol. The molecule has 0 aromatic heterocycles. The van der Waals surface area contributed by atoms with Gasteiger partial charge in [0, 0.05) is 21.2 Å². The number of hydrogen-bond donors (Lipinski definition) is 2. The van der Waals surface area contributed by atoms with Crippen LogP contribution in [0, 0.1) is 0 Å². The highest BCUT2D eigenvalue weighted by molar-refractivity contribution is 7.91. The van der Waals surface area contributed by atoms with Gasteiger partial charge in [0.1, 0.15) is 11.5 Å². The predicted molar refractivity (Wildman–Crippen MR) is 210 cm³/mol. The number of para-hydroxylation sites is 4. The maximum absolute atomic E-state index is 13.5.